The molecule has 0 radical (unpaired) electrons. The molecule has 1 aromatic rings. The summed E-state index contributed by atoms with van der Waals surface area (Å²) in [6.07, 6.45) is 1.60. The smallest absolute Gasteiger partial charge is 0.229 e. The summed E-state index contributed by atoms with van der Waals surface area (Å²) in [6, 6.07) is 9.76. The van der Waals surface area contributed by atoms with Gasteiger partial charge in [0.25, 0.3) is 0 Å². The number of benzene rings is 1. The Kier molecular flexibility index (Phi) is 5.51. The minimum atomic E-state index is -1.62. The van der Waals surface area contributed by atoms with Gasteiger partial charge < -0.3 is 5.73 Å². The van der Waals surface area contributed by atoms with Crippen LogP contribution in [0, 0.1) is 0 Å². The van der Waals surface area contributed by atoms with Crippen LogP contribution >= 0.6 is 34.8 Å². The van der Waals surface area contributed by atoms with Crippen LogP contribution in [0.3, 0.4) is 0 Å². The predicted octanol–water partition coefficient (Wildman–Crippen LogP) is 4.10. The predicted molar refractivity (Wildman–Crippen MR) is 80.7 cm³/mol. The zero-order valence-corrected chi connectivity index (χ0v) is 12.5. The molecule has 0 aliphatic rings. The van der Waals surface area contributed by atoms with E-state index in [1.54, 1.807) is 6.08 Å². The molecule has 0 bridgehead atoms. The maximum Gasteiger partial charge on any atom is 0.229 e. The molecule has 0 atom stereocenters. The topological polar surface area (TPSA) is 38.4 Å². The number of halogens is 3. The molecule has 0 fully saturated rings. The van der Waals surface area contributed by atoms with E-state index in [0.717, 1.165) is 5.56 Å². The Balaban J connectivity index is 3.18. The molecule has 0 aliphatic carbocycles. The fraction of sp³-hybridized carbons (Fsp3) is 0.308. The highest BCUT2D eigenvalue weighted by Gasteiger charge is 2.23. The average Bonchev–Trinajstić information content (AvgIpc) is 2.27. The maximum absolute atomic E-state index is 5.75. The third kappa shape index (κ3) is 4.89. The molecule has 0 aromatic heterocycles. The van der Waals surface area contributed by atoms with Crippen LogP contribution in [0.2, 0.25) is 0 Å². The Bertz CT molecular complexity index is 445. The number of hydrogen-bond acceptors (Lipinski definition) is 2. The number of nitrogens with zero attached hydrogens (tertiary/aromatic N) is 1. The molecule has 1 rings (SSSR count). The van der Waals surface area contributed by atoms with Gasteiger partial charge in [-0.2, -0.15) is 0 Å². The SMILES string of the molecule is CC(C)N=C(/C=C(\N)C(Cl)(Cl)Cl)c1ccccc1. The van der Waals surface area contributed by atoms with Gasteiger partial charge in [-0.15, -0.1) is 0 Å². The number of nitrogens with two attached hydrogens (primary N) is 1. The van der Waals surface area contributed by atoms with Crippen molar-refractivity contribution in [3.8, 4) is 0 Å². The molecule has 2 nitrogen and oxygen atoms in total. The fourth-order valence-electron chi connectivity index (χ4n) is 1.31. The van der Waals surface area contributed by atoms with Gasteiger partial charge in [0.15, 0.2) is 0 Å². The first-order chi connectivity index (χ1) is 8.30. The molecule has 2 N–H and O–H groups in total. The second-order valence-electron chi connectivity index (χ2n) is 4.07. The Hall–Kier alpha value is -0.700. The van der Waals surface area contributed by atoms with E-state index < -0.39 is 3.79 Å². The third-order valence-corrected chi connectivity index (χ3v) is 2.74. The van der Waals surface area contributed by atoms with Crippen molar-refractivity contribution < 1.29 is 0 Å². The van der Waals surface area contributed by atoms with E-state index >= 15 is 0 Å². The Morgan fingerprint density at radius 1 is 1.22 bits per heavy atom. The van der Waals surface area contributed by atoms with Gasteiger partial charge in [-0.1, -0.05) is 65.1 Å². The summed E-state index contributed by atoms with van der Waals surface area (Å²) in [4.78, 5) is 4.49. The first-order valence-corrected chi connectivity index (χ1v) is 6.61. The monoisotopic (exact) mass is 304 g/mol. The minimum Gasteiger partial charge on any atom is -0.398 e. The molecule has 0 saturated heterocycles. The molecule has 0 aliphatic heterocycles. The van der Waals surface area contributed by atoms with Crippen LogP contribution in [-0.4, -0.2) is 15.5 Å². The summed E-state index contributed by atoms with van der Waals surface area (Å²) in [5.74, 6) is 0. The van der Waals surface area contributed by atoms with Crippen molar-refractivity contribution in [2.45, 2.75) is 23.7 Å². The van der Waals surface area contributed by atoms with Gasteiger partial charge in [0, 0.05) is 6.04 Å². The molecule has 98 valence electrons. The quantitative estimate of drug-likeness (QED) is 0.663. The van der Waals surface area contributed by atoms with Gasteiger partial charge >= 0.3 is 0 Å². The van der Waals surface area contributed by atoms with E-state index in [0.29, 0.717) is 5.71 Å². The Morgan fingerprint density at radius 2 is 1.78 bits per heavy atom. The maximum atomic E-state index is 5.75. The van der Waals surface area contributed by atoms with Gasteiger partial charge in [0.2, 0.25) is 3.79 Å². The second-order valence-corrected chi connectivity index (χ2v) is 6.35. The van der Waals surface area contributed by atoms with Crippen molar-refractivity contribution in [3.05, 3.63) is 47.7 Å². The van der Waals surface area contributed by atoms with E-state index in [2.05, 4.69) is 4.99 Å². The molecule has 5 heteroatoms. The molecule has 0 saturated carbocycles. The standard InChI is InChI=1S/C13H15Cl3N2/c1-9(2)18-11(8-12(17)13(14,15)16)10-6-4-3-5-7-10/h3-9H,17H2,1-2H3/b12-8-,18-11?. The van der Waals surface area contributed by atoms with E-state index in [-0.39, 0.29) is 11.7 Å². The second kappa shape index (κ2) is 6.46. The number of alkyl halides is 3. The van der Waals surface area contributed by atoms with Crippen molar-refractivity contribution in [1.29, 1.82) is 0 Å². The van der Waals surface area contributed by atoms with Crippen LogP contribution in [0.4, 0.5) is 0 Å². The van der Waals surface area contributed by atoms with Crippen molar-refractivity contribution in [2.75, 3.05) is 0 Å². The molecular formula is C13H15Cl3N2. The summed E-state index contributed by atoms with van der Waals surface area (Å²) in [5, 5.41) is 0. The third-order valence-electron chi connectivity index (χ3n) is 2.09. The largest absolute Gasteiger partial charge is 0.398 e. The van der Waals surface area contributed by atoms with Crippen LogP contribution in [0.1, 0.15) is 19.4 Å². The summed E-state index contributed by atoms with van der Waals surface area (Å²) in [7, 11) is 0. The lowest BCUT2D eigenvalue weighted by atomic mass is 10.1. The van der Waals surface area contributed by atoms with E-state index in [1.165, 1.54) is 0 Å². The van der Waals surface area contributed by atoms with Gasteiger partial charge in [-0.05, 0) is 25.5 Å². The van der Waals surface area contributed by atoms with Crippen LogP contribution in [0.25, 0.3) is 0 Å². The van der Waals surface area contributed by atoms with Crippen LogP contribution in [0.15, 0.2) is 47.1 Å². The lowest BCUT2D eigenvalue weighted by Gasteiger charge is -2.12. The van der Waals surface area contributed by atoms with E-state index in [9.17, 15) is 0 Å². The van der Waals surface area contributed by atoms with Crippen LogP contribution < -0.4 is 5.73 Å². The molecule has 0 heterocycles. The molecule has 0 amide bonds. The minimum absolute atomic E-state index is 0.125. The number of rotatable bonds is 3. The first-order valence-electron chi connectivity index (χ1n) is 5.48. The zero-order valence-electron chi connectivity index (χ0n) is 10.2. The van der Waals surface area contributed by atoms with Gasteiger partial charge in [0.1, 0.15) is 0 Å². The van der Waals surface area contributed by atoms with Gasteiger partial charge in [-0.25, -0.2) is 0 Å². The van der Waals surface area contributed by atoms with Crippen molar-refractivity contribution in [2.24, 2.45) is 10.7 Å². The molecule has 18 heavy (non-hydrogen) atoms. The highest BCUT2D eigenvalue weighted by Crippen LogP contribution is 2.31. The van der Waals surface area contributed by atoms with Crippen molar-refractivity contribution >= 4 is 40.5 Å². The van der Waals surface area contributed by atoms with Crippen LogP contribution in [0.5, 0.6) is 0 Å². The Morgan fingerprint density at radius 3 is 2.22 bits per heavy atom. The zero-order chi connectivity index (χ0) is 13.8. The molecule has 0 unspecified atom stereocenters. The highest BCUT2D eigenvalue weighted by atomic mass is 35.6. The molecule has 1 aromatic carbocycles. The number of hydrogen-bond donors (Lipinski definition) is 1. The molecular weight excluding hydrogens is 291 g/mol. The lowest BCUT2D eigenvalue weighted by Crippen LogP contribution is -2.18. The highest BCUT2D eigenvalue weighted by molar-refractivity contribution is 6.69. The average molecular weight is 306 g/mol. The van der Waals surface area contributed by atoms with Crippen LogP contribution in [-0.2, 0) is 0 Å². The molecule has 0 spiro atoms. The van der Waals surface area contributed by atoms with E-state index in [4.69, 9.17) is 40.5 Å². The summed E-state index contributed by atoms with van der Waals surface area (Å²) in [5.41, 5.74) is 7.53. The summed E-state index contributed by atoms with van der Waals surface area (Å²) in [6.45, 7) is 3.95. The van der Waals surface area contributed by atoms with Crippen molar-refractivity contribution in [3.63, 3.8) is 0 Å². The normalized spacial score (nSPS) is 14.1. The fourth-order valence-corrected chi connectivity index (χ4v) is 1.48. The van der Waals surface area contributed by atoms with E-state index in [1.807, 2.05) is 44.2 Å². The van der Waals surface area contributed by atoms with Gasteiger partial charge in [-0.3, -0.25) is 4.99 Å². The lowest BCUT2D eigenvalue weighted by molar-refractivity contribution is 0.837. The number of aliphatic imine (C=N–C) groups is 1. The van der Waals surface area contributed by atoms with Gasteiger partial charge in [0.05, 0.1) is 11.4 Å². The summed E-state index contributed by atoms with van der Waals surface area (Å²) < 4.78 is -1.62. The van der Waals surface area contributed by atoms with Crippen molar-refractivity contribution in [1.82, 2.24) is 0 Å². The number of allylic oxidation sites excluding steroid dienone is 2. The summed E-state index contributed by atoms with van der Waals surface area (Å²) >= 11 is 17.2. The Labute approximate surface area is 122 Å². The first kappa shape index (κ1) is 15.4.